The number of aromatic nitrogens is 2. The van der Waals surface area contributed by atoms with Crippen LogP contribution < -0.4 is 14.8 Å². The van der Waals surface area contributed by atoms with Crippen LogP contribution in [-0.4, -0.2) is 23.4 Å². The van der Waals surface area contributed by atoms with Gasteiger partial charge in [-0.2, -0.15) is 4.98 Å². The van der Waals surface area contributed by atoms with Crippen molar-refractivity contribution in [3.8, 4) is 11.5 Å². The van der Waals surface area contributed by atoms with Crippen molar-refractivity contribution in [2.45, 2.75) is 25.3 Å². The molecule has 1 saturated carbocycles. The van der Waals surface area contributed by atoms with Gasteiger partial charge < -0.3 is 19.3 Å². The monoisotopic (exact) mass is 307 g/mol. The van der Waals surface area contributed by atoms with Crippen molar-refractivity contribution >= 4 is 17.3 Å². The standard InChI is InChI=1S/C14H14ClN3O3/c15-9-5-11-12(20-4-3-19-11)6-10(9)16-7-13-17-14(18-21-13)8-1-2-8/h5-6,8,16H,1-4,7H2. The van der Waals surface area contributed by atoms with Crippen LogP contribution in [-0.2, 0) is 6.54 Å². The zero-order valence-corrected chi connectivity index (χ0v) is 12.0. The van der Waals surface area contributed by atoms with Crippen LogP contribution in [0.2, 0.25) is 5.02 Å². The summed E-state index contributed by atoms with van der Waals surface area (Å²) in [7, 11) is 0. The van der Waals surface area contributed by atoms with E-state index in [9.17, 15) is 0 Å². The van der Waals surface area contributed by atoms with Gasteiger partial charge in [0, 0.05) is 18.1 Å². The van der Waals surface area contributed by atoms with Crippen LogP contribution in [0.3, 0.4) is 0 Å². The van der Waals surface area contributed by atoms with E-state index in [0.717, 1.165) is 24.4 Å². The first-order valence-electron chi connectivity index (χ1n) is 6.95. The number of benzene rings is 1. The van der Waals surface area contributed by atoms with E-state index in [4.69, 9.17) is 25.6 Å². The van der Waals surface area contributed by atoms with Crippen LogP contribution in [0.15, 0.2) is 16.7 Å². The third-order valence-electron chi connectivity index (χ3n) is 3.49. The minimum atomic E-state index is 0.430. The number of fused-ring (bicyclic) bond motifs is 1. The van der Waals surface area contributed by atoms with Gasteiger partial charge in [0.1, 0.15) is 13.2 Å². The highest BCUT2D eigenvalue weighted by molar-refractivity contribution is 6.33. The van der Waals surface area contributed by atoms with Gasteiger partial charge in [-0.25, -0.2) is 0 Å². The molecule has 0 radical (unpaired) electrons. The SMILES string of the molecule is Clc1cc2c(cc1NCc1nc(C3CC3)no1)OCCO2. The summed E-state index contributed by atoms with van der Waals surface area (Å²) < 4.78 is 16.2. The molecule has 1 aromatic carbocycles. The zero-order chi connectivity index (χ0) is 14.2. The number of nitrogens with one attached hydrogen (secondary N) is 1. The number of halogens is 1. The van der Waals surface area contributed by atoms with Crippen LogP contribution in [0.1, 0.15) is 30.5 Å². The molecule has 21 heavy (non-hydrogen) atoms. The van der Waals surface area contributed by atoms with Gasteiger partial charge in [0.25, 0.3) is 0 Å². The molecule has 0 bridgehead atoms. The molecule has 2 aliphatic rings. The number of anilines is 1. The van der Waals surface area contributed by atoms with Crippen molar-refractivity contribution < 1.29 is 14.0 Å². The molecule has 0 amide bonds. The molecule has 2 heterocycles. The summed E-state index contributed by atoms with van der Waals surface area (Å²) in [6.07, 6.45) is 2.31. The second kappa shape index (κ2) is 5.11. The van der Waals surface area contributed by atoms with Gasteiger partial charge in [0.2, 0.25) is 5.89 Å². The second-order valence-electron chi connectivity index (χ2n) is 5.15. The second-order valence-corrected chi connectivity index (χ2v) is 5.56. The van der Waals surface area contributed by atoms with Crippen LogP contribution in [0, 0.1) is 0 Å². The molecule has 2 aromatic rings. The van der Waals surface area contributed by atoms with Crippen molar-refractivity contribution in [2.24, 2.45) is 0 Å². The molecular weight excluding hydrogens is 294 g/mol. The molecular formula is C14H14ClN3O3. The Morgan fingerprint density at radius 3 is 2.71 bits per heavy atom. The summed E-state index contributed by atoms with van der Waals surface area (Å²) in [6, 6.07) is 3.58. The van der Waals surface area contributed by atoms with E-state index in [1.807, 2.05) is 6.07 Å². The first-order chi connectivity index (χ1) is 10.3. The Balaban J connectivity index is 1.48. The average Bonchev–Trinajstić information content (AvgIpc) is 3.24. The molecule has 4 rings (SSSR count). The molecule has 1 aliphatic carbocycles. The molecule has 0 spiro atoms. The third-order valence-corrected chi connectivity index (χ3v) is 3.80. The first-order valence-corrected chi connectivity index (χ1v) is 7.33. The third kappa shape index (κ3) is 2.63. The fraction of sp³-hybridized carbons (Fsp3) is 0.429. The summed E-state index contributed by atoms with van der Waals surface area (Å²) in [6.45, 7) is 1.52. The topological polar surface area (TPSA) is 69.4 Å². The van der Waals surface area contributed by atoms with Crippen molar-refractivity contribution in [3.63, 3.8) is 0 Å². The van der Waals surface area contributed by atoms with Crippen LogP contribution in [0.5, 0.6) is 11.5 Å². The van der Waals surface area contributed by atoms with E-state index in [2.05, 4.69) is 15.5 Å². The maximum atomic E-state index is 6.23. The minimum Gasteiger partial charge on any atom is -0.486 e. The fourth-order valence-corrected chi connectivity index (χ4v) is 2.44. The molecule has 110 valence electrons. The number of hydrogen-bond acceptors (Lipinski definition) is 6. The van der Waals surface area contributed by atoms with Gasteiger partial charge in [0.05, 0.1) is 17.3 Å². The normalized spacial score (nSPS) is 16.8. The van der Waals surface area contributed by atoms with Crippen molar-refractivity contribution in [3.05, 3.63) is 28.9 Å². The van der Waals surface area contributed by atoms with E-state index in [-0.39, 0.29) is 0 Å². The van der Waals surface area contributed by atoms with E-state index >= 15 is 0 Å². The maximum absolute atomic E-state index is 6.23. The molecule has 0 saturated heterocycles. The Labute approximate surface area is 126 Å². The number of rotatable bonds is 4. The van der Waals surface area contributed by atoms with Crippen molar-refractivity contribution in [2.75, 3.05) is 18.5 Å². The van der Waals surface area contributed by atoms with E-state index in [0.29, 0.717) is 48.1 Å². The fourth-order valence-electron chi connectivity index (χ4n) is 2.22. The Morgan fingerprint density at radius 1 is 1.19 bits per heavy atom. The zero-order valence-electron chi connectivity index (χ0n) is 11.3. The Hall–Kier alpha value is -1.95. The molecule has 1 aliphatic heterocycles. The van der Waals surface area contributed by atoms with E-state index < -0.39 is 0 Å². The van der Waals surface area contributed by atoms with Gasteiger partial charge in [-0.05, 0) is 12.8 Å². The molecule has 0 atom stereocenters. The van der Waals surface area contributed by atoms with Gasteiger partial charge in [-0.3, -0.25) is 0 Å². The van der Waals surface area contributed by atoms with Crippen molar-refractivity contribution in [1.29, 1.82) is 0 Å². The van der Waals surface area contributed by atoms with Crippen LogP contribution in [0.25, 0.3) is 0 Å². The summed E-state index contributed by atoms with van der Waals surface area (Å²) in [5.41, 5.74) is 0.757. The molecule has 1 N–H and O–H groups in total. The average molecular weight is 308 g/mol. The molecule has 1 fully saturated rings. The highest BCUT2D eigenvalue weighted by atomic mass is 35.5. The lowest BCUT2D eigenvalue weighted by Crippen LogP contribution is -2.15. The van der Waals surface area contributed by atoms with Gasteiger partial charge in [-0.15, -0.1) is 0 Å². The predicted octanol–water partition coefficient (Wildman–Crippen LogP) is 2.98. The lowest BCUT2D eigenvalue weighted by molar-refractivity contribution is 0.171. The quantitative estimate of drug-likeness (QED) is 0.936. The smallest absolute Gasteiger partial charge is 0.245 e. The van der Waals surface area contributed by atoms with Crippen LogP contribution in [0.4, 0.5) is 5.69 Å². The lowest BCUT2D eigenvalue weighted by atomic mass is 10.2. The number of nitrogens with zero attached hydrogens (tertiary/aromatic N) is 2. The summed E-state index contributed by atoms with van der Waals surface area (Å²) in [5, 5.41) is 7.74. The molecule has 0 unspecified atom stereocenters. The largest absolute Gasteiger partial charge is 0.486 e. The van der Waals surface area contributed by atoms with Gasteiger partial charge in [0.15, 0.2) is 17.3 Å². The maximum Gasteiger partial charge on any atom is 0.245 e. The highest BCUT2D eigenvalue weighted by Crippen LogP contribution is 2.39. The van der Waals surface area contributed by atoms with Crippen molar-refractivity contribution in [1.82, 2.24) is 10.1 Å². The molecule has 7 heteroatoms. The van der Waals surface area contributed by atoms with Crippen LogP contribution >= 0.6 is 11.6 Å². The predicted molar refractivity (Wildman–Crippen MR) is 76.0 cm³/mol. The minimum absolute atomic E-state index is 0.430. The summed E-state index contributed by atoms with van der Waals surface area (Å²) in [5.74, 6) is 3.21. The van der Waals surface area contributed by atoms with Gasteiger partial charge >= 0.3 is 0 Å². The molecule has 1 aromatic heterocycles. The van der Waals surface area contributed by atoms with E-state index in [1.165, 1.54) is 0 Å². The Morgan fingerprint density at radius 2 is 1.95 bits per heavy atom. The Bertz CT molecular complexity index is 669. The number of ether oxygens (including phenoxy) is 2. The highest BCUT2D eigenvalue weighted by Gasteiger charge is 2.28. The molecule has 6 nitrogen and oxygen atoms in total. The summed E-state index contributed by atoms with van der Waals surface area (Å²) in [4.78, 5) is 4.37. The summed E-state index contributed by atoms with van der Waals surface area (Å²) >= 11 is 6.23. The first kappa shape index (κ1) is 12.8. The van der Waals surface area contributed by atoms with E-state index in [1.54, 1.807) is 6.07 Å². The Kier molecular flexibility index (Phi) is 3.11. The number of hydrogen-bond donors (Lipinski definition) is 1. The lowest BCUT2D eigenvalue weighted by Gasteiger charge is -2.20. The van der Waals surface area contributed by atoms with Gasteiger partial charge in [-0.1, -0.05) is 16.8 Å².